The van der Waals surface area contributed by atoms with Crippen LogP contribution in [-0.4, -0.2) is 20.6 Å². The highest BCUT2D eigenvalue weighted by atomic mass is 19.1. The molecule has 35 heavy (non-hydrogen) atoms. The van der Waals surface area contributed by atoms with Crippen molar-refractivity contribution >= 4 is 16.9 Å². The Labute approximate surface area is 201 Å². The molecule has 3 aromatic rings. The minimum absolute atomic E-state index is 0.199. The van der Waals surface area contributed by atoms with E-state index in [-0.39, 0.29) is 29.1 Å². The molecule has 0 fully saturated rings. The number of ether oxygens (including phenoxy) is 1. The maximum atomic E-state index is 14.9. The summed E-state index contributed by atoms with van der Waals surface area (Å²) >= 11 is 0. The lowest BCUT2D eigenvalue weighted by Gasteiger charge is -2.35. The Hall–Kier alpha value is -3.58. The summed E-state index contributed by atoms with van der Waals surface area (Å²) in [5, 5.41) is 11.5. The highest BCUT2D eigenvalue weighted by Crippen LogP contribution is 2.52. The smallest absolute Gasteiger partial charge is 0.340 e. The Morgan fingerprint density at radius 1 is 1.20 bits per heavy atom. The lowest BCUT2D eigenvalue weighted by atomic mass is 9.76. The molecular weight excluding hydrogens is 447 g/mol. The average molecular weight is 473 g/mol. The van der Waals surface area contributed by atoms with E-state index in [4.69, 9.17) is 9.72 Å². The SMILES string of the molecule is C=CCC1(CC=C)c2c(nc3cc(F)c(C)c4c3c2CCC4)-c2cc3c(c(=O)n21)COC(=O)C3O. The summed E-state index contributed by atoms with van der Waals surface area (Å²) in [6, 6.07) is 3.14. The van der Waals surface area contributed by atoms with Crippen molar-refractivity contribution in [2.45, 2.75) is 57.3 Å². The summed E-state index contributed by atoms with van der Waals surface area (Å²) in [6.07, 6.45) is 5.37. The molecule has 2 aromatic heterocycles. The number of aliphatic hydroxyl groups excluding tert-OH is 1. The summed E-state index contributed by atoms with van der Waals surface area (Å²) in [5.74, 6) is -1.08. The molecule has 178 valence electrons. The molecule has 7 heteroatoms. The van der Waals surface area contributed by atoms with Crippen LogP contribution in [0.15, 0.2) is 42.2 Å². The number of esters is 1. The largest absolute Gasteiger partial charge is 0.458 e. The van der Waals surface area contributed by atoms with Crippen LogP contribution in [-0.2, 0) is 34.5 Å². The zero-order valence-corrected chi connectivity index (χ0v) is 19.5. The predicted molar refractivity (Wildman–Crippen MR) is 130 cm³/mol. The van der Waals surface area contributed by atoms with Gasteiger partial charge >= 0.3 is 5.97 Å². The van der Waals surface area contributed by atoms with Gasteiger partial charge in [0.25, 0.3) is 5.56 Å². The molecule has 1 aromatic carbocycles. The summed E-state index contributed by atoms with van der Waals surface area (Å²) in [7, 11) is 0. The van der Waals surface area contributed by atoms with Crippen LogP contribution in [0, 0.1) is 12.7 Å². The normalized spacial score (nSPS) is 19.1. The first-order chi connectivity index (χ1) is 16.8. The van der Waals surface area contributed by atoms with Crippen LogP contribution < -0.4 is 5.56 Å². The Bertz CT molecular complexity index is 1540. The fourth-order valence-electron chi connectivity index (χ4n) is 6.41. The Balaban J connectivity index is 1.81. The average Bonchev–Trinajstić information content (AvgIpc) is 3.10. The van der Waals surface area contributed by atoms with Crippen molar-refractivity contribution in [1.82, 2.24) is 9.55 Å². The highest BCUT2D eigenvalue weighted by Gasteiger charge is 2.47. The first kappa shape index (κ1) is 21.9. The summed E-state index contributed by atoms with van der Waals surface area (Å²) in [6.45, 7) is 9.57. The molecule has 0 amide bonds. The van der Waals surface area contributed by atoms with Crippen molar-refractivity contribution in [3.63, 3.8) is 0 Å². The molecule has 0 radical (unpaired) electrons. The van der Waals surface area contributed by atoms with E-state index < -0.39 is 17.6 Å². The number of hydrogen-bond acceptors (Lipinski definition) is 5. The topological polar surface area (TPSA) is 81.4 Å². The molecule has 3 aliphatic rings. The lowest BCUT2D eigenvalue weighted by molar-refractivity contribution is -0.157. The summed E-state index contributed by atoms with van der Waals surface area (Å²) < 4.78 is 21.7. The molecule has 6 nitrogen and oxygen atoms in total. The quantitative estimate of drug-likeness (QED) is 0.452. The Morgan fingerprint density at radius 3 is 2.63 bits per heavy atom. The van der Waals surface area contributed by atoms with Gasteiger partial charge in [-0.25, -0.2) is 14.2 Å². The number of benzene rings is 1. The van der Waals surface area contributed by atoms with Gasteiger partial charge in [0.1, 0.15) is 12.4 Å². The molecule has 2 aliphatic heterocycles. The zero-order chi connectivity index (χ0) is 24.6. The first-order valence-corrected chi connectivity index (χ1v) is 11.8. The maximum Gasteiger partial charge on any atom is 0.340 e. The van der Waals surface area contributed by atoms with E-state index in [0.717, 1.165) is 41.3 Å². The van der Waals surface area contributed by atoms with Crippen molar-refractivity contribution in [1.29, 1.82) is 0 Å². The van der Waals surface area contributed by atoms with E-state index in [1.54, 1.807) is 29.7 Å². The predicted octanol–water partition coefficient (Wildman–Crippen LogP) is 4.30. The van der Waals surface area contributed by atoms with Gasteiger partial charge in [0.05, 0.1) is 28.0 Å². The summed E-state index contributed by atoms with van der Waals surface area (Å²) in [5.41, 5.74) is 4.60. The molecule has 0 saturated carbocycles. The monoisotopic (exact) mass is 472 g/mol. The third-order valence-electron chi connectivity index (χ3n) is 7.88. The van der Waals surface area contributed by atoms with Crippen molar-refractivity contribution in [2.75, 3.05) is 0 Å². The zero-order valence-electron chi connectivity index (χ0n) is 19.5. The van der Waals surface area contributed by atoms with E-state index in [2.05, 4.69) is 13.2 Å². The van der Waals surface area contributed by atoms with E-state index >= 15 is 0 Å². The maximum absolute atomic E-state index is 14.9. The van der Waals surface area contributed by atoms with Crippen molar-refractivity contribution in [3.05, 3.63) is 87.0 Å². The van der Waals surface area contributed by atoms with E-state index in [9.17, 15) is 19.1 Å². The molecule has 6 rings (SSSR count). The van der Waals surface area contributed by atoms with Gasteiger partial charge in [-0.3, -0.25) is 9.36 Å². The third-order valence-corrected chi connectivity index (χ3v) is 7.88. The Kier molecular flexibility index (Phi) is 4.67. The number of rotatable bonds is 4. The van der Waals surface area contributed by atoms with E-state index in [0.29, 0.717) is 35.3 Å². The molecule has 1 aliphatic carbocycles. The van der Waals surface area contributed by atoms with Gasteiger partial charge in [-0.1, -0.05) is 12.2 Å². The fourth-order valence-corrected chi connectivity index (χ4v) is 6.41. The molecule has 0 spiro atoms. The third kappa shape index (κ3) is 2.70. The number of aryl methyl sites for hydroxylation is 2. The van der Waals surface area contributed by atoms with Gasteiger partial charge in [0, 0.05) is 22.6 Å². The number of halogens is 1. The van der Waals surface area contributed by atoms with Gasteiger partial charge in [-0.15, -0.1) is 13.2 Å². The number of aliphatic hydroxyl groups is 1. The number of carbonyl (C=O) groups is 1. The number of aromatic nitrogens is 2. The van der Waals surface area contributed by atoms with Crippen molar-refractivity contribution in [2.24, 2.45) is 0 Å². The first-order valence-electron chi connectivity index (χ1n) is 11.8. The molecule has 1 atom stereocenters. The number of allylic oxidation sites excluding steroid dienone is 2. The van der Waals surface area contributed by atoms with Gasteiger partial charge in [-0.2, -0.15) is 0 Å². The molecule has 4 heterocycles. The second kappa shape index (κ2) is 7.46. The summed E-state index contributed by atoms with van der Waals surface area (Å²) in [4.78, 5) is 31.0. The van der Waals surface area contributed by atoms with Crippen LogP contribution >= 0.6 is 0 Å². The van der Waals surface area contributed by atoms with Gasteiger partial charge in [0.15, 0.2) is 6.10 Å². The minimum atomic E-state index is -1.54. The van der Waals surface area contributed by atoms with Gasteiger partial charge < -0.3 is 9.84 Å². The number of fused-ring (bicyclic) bond motifs is 5. The number of cyclic esters (lactones) is 1. The Morgan fingerprint density at radius 2 is 1.91 bits per heavy atom. The van der Waals surface area contributed by atoms with Crippen molar-refractivity contribution < 1.29 is 19.0 Å². The molecular formula is C28H25FN2O4. The van der Waals surface area contributed by atoms with E-state index in [1.807, 2.05) is 0 Å². The van der Waals surface area contributed by atoms with Crippen LogP contribution in [0.3, 0.4) is 0 Å². The lowest BCUT2D eigenvalue weighted by Crippen LogP contribution is -2.42. The molecule has 0 bridgehead atoms. The van der Waals surface area contributed by atoms with Crippen LogP contribution in [0.25, 0.3) is 22.3 Å². The van der Waals surface area contributed by atoms with Crippen molar-refractivity contribution in [3.8, 4) is 11.4 Å². The fraction of sp³-hybridized carbons (Fsp3) is 0.321. The van der Waals surface area contributed by atoms with Gasteiger partial charge in [0.2, 0.25) is 0 Å². The molecule has 1 unspecified atom stereocenters. The van der Waals surface area contributed by atoms with Crippen LogP contribution in [0.1, 0.15) is 58.7 Å². The van der Waals surface area contributed by atoms with Crippen LogP contribution in [0.4, 0.5) is 4.39 Å². The minimum Gasteiger partial charge on any atom is -0.458 e. The number of pyridine rings is 2. The second-order valence-electron chi connectivity index (χ2n) is 9.66. The van der Waals surface area contributed by atoms with Crippen LogP contribution in [0.5, 0.6) is 0 Å². The van der Waals surface area contributed by atoms with E-state index in [1.165, 1.54) is 6.07 Å². The number of nitrogens with zero attached hydrogens (tertiary/aromatic N) is 2. The van der Waals surface area contributed by atoms with Crippen LogP contribution in [0.2, 0.25) is 0 Å². The molecule has 0 saturated heterocycles. The second-order valence-corrected chi connectivity index (χ2v) is 9.66. The number of carbonyl (C=O) groups excluding carboxylic acids is 1. The standard InChI is InChI=1S/C28H25FN2O4/c1-4-9-28(10-5-2)23-16-8-6-7-15-14(3)19(29)12-20(22(15)16)30-24(23)21-11-17-18(26(33)31(21)28)13-35-27(34)25(17)32/h4-5,11-12,25,32H,1-2,6-10,13H2,3H3. The molecule has 1 N–H and O–H groups in total. The number of hydrogen-bond donors (Lipinski definition) is 1. The van der Waals surface area contributed by atoms with Gasteiger partial charge in [-0.05, 0) is 61.8 Å². The highest BCUT2D eigenvalue weighted by molar-refractivity contribution is 5.93.